The second-order valence-corrected chi connectivity index (χ2v) is 10.7. The van der Waals surface area contributed by atoms with Crippen LogP contribution in [-0.4, -0.2) is 37.6 Å². The van der Waals surface area contributed by atoms with Gasteiger partial charge in [-0.15, -0.1) is 21.5 Å². The number of aromatic nitrogens is 4. The summed E-state index contributed by atoms with van der Waals surface area (Å²) < 4.78 is 0. The molecule has 8 nitrogen and oxygen atoms in total. The lowest BCUT2D eigenvalue weighted by atomic mass is 10.0. The molecule has 0 radical (unpaired) electrons. The molecule has 186 valence electrons. The van der Waals surface area contributed by atoms with Gasteiger partial charge in [-0.2, -0.15) is 4.80 Å². The quantitative estimate of drug-likeness (QED) is 0.395. The number of carbonyl (C=O) groups is 2. The largest absolute Gasteiger partial charge is 0.349 e. The first kappa shape index (κ1) is 25.2. The first-order valence-corrected chi connectivity index (χ1v) is 12.6. The second-order valence-electron chi connectivity index (χ2n) is 9.72. The van der Waals surface area contributed by atoms with Crippen molar-refractivity contribution in [3.05, 3.63) is 82.0 Å². The minimum absolute atomic E-state index is 0.169. The molecule has 2 aromatic heterocycles. The van der Waals surface area contributed by atoms with Gasteiger partial charge in [-0.25, -0.2) is 0 Å². The summed E-state index contributed by atoms with van der Waals surface area (Å²) >= 11 is 1.44. The van der Waals surface area contributed by atoms with Crippen LogP contribution in [0.2, 0.25) is 0 Å². The maximum absolute atomic E-state index is 13.9. The molecule has 1 atom stereocenters. The molecule has 0 aliphatic heterocycles. The summed E-state index contributed by atoms with van der Waals surface area (Å²) in [4.78, 5) is 31.1. The molecule has 2 amide bonds. The van der Waals surface area contributed by atoms with Gasteiger partial charge in [-0.1, -0.05) is 54.1 Å². The van der Waals surface area contributed by atoms with Gasteiger partial charge >= 0.3 is 0 Å². The summed E-state index contributed by atoms with van der Waals surface area (Å²) in [6.45, 7) is 9.52. The Hall–Kier alpha value is -3.85. The Labute approximate surface area is 215 Å². The fourth-order valence-electron chi connectivity index (χ4n) is 3.84. The van der Waals surface area contributed by atoms with Crippen molar-refractivity contribution in [1.29, 1.82) is 0 Å². The van der Waals surface area contributed by atoms with Gasteiger partial charge in [-0.05, 0) is 62.9 Å². The van der Waals surface area contributed by atoms with Gasteiger partial charge in [0.15, 0.2) is 0 Å². The van der Waals surface area contributed by atoms with E-state index in [2.05, 4.69) is 20.7 Å². The van der Waals surface area contributed by atoms with Crippen LogP contribution in [0, 0.1) is 13.8 Å². The molecule has 1 unspecified atom stereocenters. The van der Waals surface area contributed by atoms with Crippen LogP contribution in [0.15, 0.2) is 66.0 Å². The minimum atomic E-state index is -0.849. The number of hydrogen-bond donors (Lipinski definition) is 1. The molecule has 0 fully saturated rings. The minimum Gasteiger partial charge on any atom is -0.349 e. The lowest BCUT2D eigenvalue weighted by Crippen LogP contribution is -2.50. The molecule has 36 heavy (non-hydrogen) atoms. The number of aryl methyl sites for hydroxylation is 2. The highest BCUT2D eigenvalue weighted by Gasteiger charge is 2.36. The summed E-state index contributed by atoms with van der Waals surface area (Å²) in [5.74, 6) is -0.140. The Balaban J connectivity index is 1.71. The molecule has 0 saturated carbocycles. The van der Waals surface area contributed by atoms with Gasteiger partial charge in [-0.3, -0.25) is 14.5 Å². The average Bonchev–Trinajstić information content (AvgIpc) is 3.50. The highest BCUT2D eigenvalue weighted by Crippen LogP contribution is 2.33. The van der Waals surface area contributed by atoms with Crippen molar-refractivity contribution in [2.45, 2.75) is 52.7 Å². The molecule has 4 aromatic rings. The third-order valence-corrected chi connectivity index (χ3v) is 6.43. The lowest BCUT2D eigenvalue weighted by molar-refractivity contribution is -0.128. The van der Waals surface area contributed by atoms with Crippen molar-refractivity contribution in [3.63, 3.8) is 0 Å². The number of para-hydroxylation sites is 1. The van der Waals surface area contributed by atoms with E-state index in [-0.39, 0.29) is 18.4 Å². The monoisotopic (exact) mass is 502 g/mol. The number of nitrogens with zero attached hydrogens (tertiary/aromatic N) is 5. The fourth-order valence-corrected chi connectivity index (χ4v) is 4.65. The predicted molar refractivity (Wildman–Crippen MR) is 142 cm³/mol. The molecule has 0 spiro atoms. The highest BCUT2D eigenvalue weighted by atomic mass is 32.1. The van der Waals surface area contributed by atoms with Crippen LogP contribution in [-0.2, 0) is 16.1 Å². The maximum Gasteiger partial charge on any atom is 0.251 e. The van der Waals surface area contributed by atoms with Gasteiger partial charge < -0.3 is 5.32 Å². The van der Waals surface area contributed by atoms with E-state index < -0.39 is 11.6 Å². The second kappa shape index (κ2) is 10.4. The molecule has 0 aliphatic rings. The molecule has 0 aliphatic carbocycles. The molecular formula is C27H30N6O2S. The van der Waals surface area contributed by atoms with E-state index in [0.717, 1.165) is 21.6 Å². The van der Waals surface area contributed by atoms with Crippen molar-refractivity contribution in [1.82, 2.24) is 25.5 Å². The van der Waals surface area contributed by atoms with E-state index in [9.17, 15) is 9.59 Å². The summed E-state index contributed by atoms with van der Waals surface area (Å²) in [6.07, 6.45) is 0. The molecule has 0 saturated heterocycles. The number of carbonyl (C=O) groups excluding carboxylic acids is 2. The van der Waals surface area contributed by atoms with E-state index in [1.165, 1.54) is 16.1 Å². The van der Waals surface area contributed by atoms with Crippen LogP contribution in [0.25, 0.3) is 11.4 Å². The van der Waals surface area contributed by atoms with E-state index in [1.54, 1.807) is 4.90 Å². The van der Waals surface area contributed by atoms with Gasteiger partial charge in [0, 0.05) is 21.7 Å². The zero-order chi connectivity index (χ0) is 25.9. The molecular weight excluding hydrogens is 472 g/mol. The van der Waals surface area contributed by atoms with Crippen LogP contribution < -0.4 is 10.2 Å². The van der Waals surface area contributed by atoms with Gasteiger partial charge in [0.2, 0.25) is 11.7 Å². The smallest absolute Gasteiger partial charge is 0.251 e. The Bertz CT molecular complexity index is 1340. The normalized spacial score (nSPS) is 12.2. The fraction of sp³-hybridized carbons (Fsp3) is 0.296. The number of benzene rings is 2. The summed E-state index contributed by atoms with van der Waals surface area (Å²) in [5, 5.41) is 17.6. The highest BCUT2D eigenvalue weighted by molar-refractivity contribution is 7.10. The maximum atomic E-state index is 13.9. The Kier molecular flexibility index (Phi) is 7.30. The first-order valence-electron chi connectivity index (χ1n) is 11.7. The number of rotatable bonds is 7. The van der Waals surface area contributed by atoms with E-state index in [1.807, 2.05) is 101 Å². The summed E-state index contributed by atoms with van der Waals surface area (Å²) in [6, 6.07) is 18.2. The molecule has 4 rings (SSSR count). The van der Waals surface area contributed by atoms with Crippen LogP contribution in [0.4, 0.5) is 5.69 Å². The van der Waals surface area contributed by atoms with E-state index in [4.69, 9.17) is 0 Å². The first-order chi connectivity index (χ1) is 17.1. The molecule has 0 bridgehead atoms. The molecule has 1 N–H and O–H groups in total. The van der Waals surface area contributed by atoms with Crippen molar-refractivity contribution in [2.24, 2.45) is 0 Å². The van der Waals surface area contributed by atoms with Gasteiger partial charge in [0.1, 0.15) is 12.6 Å². The summed E-state index contributed by atoms with van der Waals surface area (Å²) in [7, 11) is 0. The lowest BCUT2D eigenvalue weighted by Gasteiger charge is -2.33. The van der Waals surface area contributed by atoms with Crippen LogP contribution in [0.1, 0.15) is 42.8 Å². The number of tetrazole rings is 1. The zero-order valence-corrected chi connectivity index (χ0v) is 21.9. The third kappa shape index (κ3) is 5.85. The molecule has 2 heterocycles. The van der Waals surface area contributed by atoms with Gasteiger partial charge in [0.05, 0.1) is 0 Å². The Morgan fingerprint density at radius 2 is 1.75 bits per heavy atom. The number of hydrogen-bond acceptors (Lipinski definition) is 6. The number of thiophene rings is 1. The van der Waals surface area contributed by atoms with Gasteiger partial charge in [0.25, 0.3) is 5.91 Å². The molecule has 9 heteroatoms. The van der Waals surface area contributed by atoms with E-state index in [0.29, 0.717) is 11.5 Å². The van der Waals surface area contributed by atoms with Crippen molar-refractivity contribution < 1.29 is 9.59 Å². The SMILES string of the molecule is Cc1ccc(-c2nnn(CC(=O)N(c3ccccc3C)C(C(=O)NC(C)(C)C)c3cccs3)n2)cc1. The van der Waals surface area contributed by atoms with Crippen molar-refractivity contribution in [2.75, 3.05) is 4.90 Å². The third-order valence-electron chi connectivity index (χ3n) is 5.50. The van der Waals surface area contributed by atoms with Crippen molar-refractivity contribution in [3.8, 4) is 11.4 Å². The Morgan fingerprint density at radius 1 is 1.03 bits per heavy atom. The standard InChI is InChI=1S/C27H30N6O2S/c1-18-12-14-20(15-13-18)25-29-31-32(30-25)17-23(34)33(21-10-7-6-9-19(21)2)24(22-11-8-16-36-22)26(35)28-27(3,4)5/h6-16,24H,17H2,1-5H3,(H,28,35). The number of anilines is 1. The van der Waals surface area contributed by atoms with Crippen LogP contribution >= 0.6 is 11.3 Å². The zero-order valence-electron chi connectivity index (χ0n) is 21.1. The van der Waals surface area contributed by atoms with Crippen molar-refractivity contribution >= 4 is 28.8 Å². The topological polar surface area (TPSA) is 93.0 Å². The molecule has 2 aromatic carbocycles. The number of nitrogens with one attached hydrogen (secondary N) is 1. The van der Waals surface area contributed by atoms with Crippen LogP contribution in [0.3, 0.4) is 0 Å². The predicted octanol–water partition coefficient (Wildman–Crippen LogP) is 4.71. The average molecular weight is 503 g/mol. The number of amides is 2. The van der Waals surface area contributed by atoms with Crippen LogP contribution in [0.5, 0.6) is 0 Å². The Morgan fingerprint density at radius 3 is 2.39 bits per heavy atom. The van der Waals surface area contributed by atoms with E-state index >= 15 is 0 Å². The summed E-state index contributed by atoms with van der Waals surface area (Å²) in [5.41, 5.74) is 3.01.